The highest BCUT2D eigenvalue weighted by atomic mass is 16.1. The molecule has 1 aliphatic heterocycles. The molecule has 42 heavy (non-hydrogen) atoms. The van der Waals surface area contributed by atoms with Gasteiger partial charge >= 0.3 is 0 Å². The fourth-order valence-electron chi connectivity index (χ4n) is 6.26. The third-order valence-corrected chi connectivity index (χ3v) is 8.49. The van der Waals surface area contributed by atoms with Crippen LogP contribution >= 0.6 is 0 Å². The molecule has 1 N–H and O–H groups in total. The number of H-pyrrole nitrogens is 1. The van der Waals surface area contributed by atoms with Gasteiger partial charge in [0.25, 0.3) is 5.56 Å². The molecular weight excluding hydrogens is 518 g/mol. The highest BCUT2D eigenvalue weighted by molar-refractivity contribution is 5.95. The van der Waals surface area contributed by atoms with Crippen LogP contribution in [0.4, 0.5) is 0 Å². The Morgan fingerprint density at radius 1 is 0.762 bits per heavy atom. The molecular formula is C36H35N5O. The van der Waals surface area contributed by atoms with Crippen LogP contribution in [0.15, 0.2) is 102 Å². The molecule has 0 bridgehead atoms. The van der Waals surface area contributed by atoms with E-state index >= 15 is 0 Å². The predicted octanol–water partition coefficient (Wildman–Crippen LogP) is 7.07. The molecule has 0 aliphatic carbocycles. The number of fused-ring (bicyclic) bond motifs is 2. The summed E-state index contributed by atoms with van der Waals surface area (Å²) >= 11 is 0. The van der Waals surface area contributed by atoms with Crippen molar-refractivity contribution in [2.24, 2.45) is 0 Å². The fraction of sp³-hybridized carbons (Fsp3) is 0.250. The van der Waals surface area contributed by atoms with Gasteiger partial charge in [0.15, 0.2) is 0 Å². The molecule has 0 spiro atoms. The van der Waals surface area contributed by atoms with Gasteiger partial charge in [0.1, 0.15) is 5.82 Å². The zero-order valence-corrected chi connectivity index (χ0v) is 23.8. The van der Waals surface area contributed by atoms with Crippen molar-refractivity contribution in [3.63, 3.8) is 0 Å². The quantitative estimate of drug-likeness (QED) is 0.219. The topological polar surface area (TPSA) is 66.8 Å². The van der Waals surface area contributed by atoms with Crippen molar-refractivity contribution < 1.29 is 0 Å². The number of nitrogens with zero attached hydrogens (tertiary/aromatic N) is 4. The summed E-state index contributed by atoms with van der Waals surface area (Å²) in [5.41, 5.74) is 8.08. The van der Waals surface area contributed by atoms with Crippen molar-refractivity contribution in [2.45, 2.75) is 38.6 Å². The SMILES string of the molecule is O=c1[nH]c2cc3nc(-c4ccc(-c5ccncc5)cc4)n(CCCN4CCCCC4)c3cc2cc1Cc1ccccc1. The number of hydrogen-bond acceptors (Lipinski definition) is 4. The zero-order valence-electron chi connectivity index (χ0n) is 23.8. The van der Waals surface area contributed by atoms with E-state index in [0.29, 0.717) is 6.42 Å². The summed E-state index contributed by atoms with van der Waals surface area (Å²) in [6.07, 6.45) is 9.28. The first-order chi connectivity index (χ1) is 20.7. The van der Waals surface area contributed by atoms with E-state index in [2.05, 4.69) is 68.0 Å². The van der Waals surface area contributed by atoms with Crippen molar-refractivity contribution >= 4 is 21.9 Å². The number of pyridine rings is 2. The van der Waals surface area contributed by atoms with Crippen LogP contribution in [0, 0.1) is 0 Å². The van der Waals surface area contributed by atoms with Gasteiger partial charge in [-0.05, 0) is 85.9 Å². The smallest absolute Gasteiger partial charge is 0.251 e. The van der Waals surface area contributed by atoms with E-state index in [1.165, 1.54) is 32.4 Å². The Kier molecular flexibility index (Phi) is 7.37. The number of likely N-dealkylation sites (tertiary alicyclic amines) is 1. The first-order valence-corrected chi connectivity index (χ1v) is 15.0. The number of rotatable bonds is 8. The van der Waals surface area contributed by atoms with Gasteiger partial charge in [-0.15, -0.1) is 0 Å². The number of piperidine rings is 1. The van der Waals surface area contributed by atoms with E-state index in [0.717, 1.165) is 75.1 Å². The van der Waals surface area contributed by atoms with Gasteiger partial charge in [-0.25, -0.2) is 4.98 Å². The first kappa shape index (κ1) is 26.4. The fourth-order valence-corrected chi connectivity index (χ4v) is 6.26. The molecule has 0 atom stereocenters. The maximum absolute atomic E-state index is 13.0. The third-order valence-electron chi connectivity index (χ3n) is 8.49. The number of nitrogens with one attached hydrogen (secondary N) is 1. The molecule has 4 heterocycles. The Morgan fingerprint density at radius 2 is 1.50 bits per heavy atom. The number of imidazole rings is 1. The second-order valence-electron chi connectivity index (χ2n) is 11.4. The maximum atomic E-state index is 13.0. The van der Waals surface area contributed by atoms with Gasteiger partial charge in [0, 0.05) is 41.9 Å². The highest BCUT2D eigenvalue weighted by Gasteiger charge is 2.16. The average Bonchev–Trinajstić information content (AvgIpc) is 3.39. The molecule has 6 nitrogen and oxygen atoms in total. The molecule has 6 heteroatoms. The summed E-state index contributed by atoms with van der Waals surface area (Å²) in [6.45, 7) is 4.40. The standard InChI is InChI=1S/C36H35N5O/c42-36-31(22-26-8-3-1-4-9-26)23-30-24-34-33(25-32(30)39-36)38-35(41(34)21-7-20-40-18-5-2-6-19-40)29-12-10-27(11-13-29)28-14-16-37-17-15-28/h1,3-4,8-17,23-25H,2,5-7,18-22H2,(H,39,42). The third kappa shape index (κ3) is 5.50. The van der Waals surface area contributed by atoms with Gasteiger partial charge in [-0.3, -0.25) is 9.78 Å². The lowest BCUT2D eigenvalue weighted by atomic mass is 10.0. The normalized spacial score (nSPS) is 14.1. The largest absolute Gasteiger partial charge is 0.324 e. The Morgan fingerprint density at radius 3 is 2.29 bits per heavy atom. The molecule has 0 saturated carbocycles. The van der Waals surface area contributed by atoms with Crippen molar-refractivity contribution in [1.82, 2.24) is 24.4 Å². The number of benzene rings is 3. The van der Waals surface area contributed by atoms with Crippen LogP contribution in [0.3, 0.4) is 0 Å². The van der Waals surface area contributed by atoms with Gasteiger partial charge in [0.2, 0.25) is 0 Å². The summed E-state index contributed by atoms with van der Waals surface area (Å²) in [5, 5.41) is 1.03. The molecule has 1 saturated heterocycles. The average molecular weight is 554 g/mol. The van der Waals surface area contributed by atoms with Crippen molar-refractivity contribution in [1.29, 1.82) is 0 Å². The molecule has 3 aromatic carbocycles. The van der Waals surface area contributed by atoms with Gasteiger partial charge < -0.3 is 14.5 Å². The molecule has 3 aromatic heterocycles. The second kappa shape index (κ2) is 11.7. The monoisotopic (exact) mass is 553 g/mol. The Hall–Kier alpha value is -4.55. The van der Waals surface area contributed by atoms with E-state index in [4.69, 9.17) is 4.98 Å². The molecule has 7 rings (SSSR count). The predicted molar refractivity (Wildman–Crippen MR) is 171 cm³/mol. The van der Waals surface area contributed by atoms with Crippen LogP contribution < -0.4 is 5.56 Å². The Bertz CT molecular complexity index is 1870. The van der Waals surface area contributed by atoms with Crippen LogP contribution in [0.5, 0.6) is 0 Å². The van der Waals surface area contributed by atoms with E-state index in [-0.39, 0.29) is 5.56 Å². The van der Waals surface area contributed by atoms with Crippen molar-refractivity contribution in [3.8, 4) is 22.5 Å². The minimum Gasteiger partial charge on any atom is -0.324 e. The van der Waals surface area contributed by atoms with Crippen LogP contribution in [-0.4, -0.2) is 44.1 Å². The van der Waals surface area contributed by atoms with E-state index in [1.807, 2.05) is 48.8 Å². The number of aryl methyl sites for hydroxylation is 1. The van der Waals surface area contributed by atoms with Gasteiger partial charge in [-0.2, -0.15) is 0 Å². The molecule has 0 unspecified atom stereocenters. The van der Waals surface area contributed by atoms with Crippen LogP contribution in [-0.2, 0) is 13.0 Å². The lowest BCUT2D eigenvalue weighted by Crippen LogP contribution is -2.31. The van der Waals surface area contributed by atoms with Crippen LogP contribution in [0.1, 0.15) is 36.8 Å². The van der Waals surface area contributed by atoms with Crippen molar-refractivity contribution in [3.05, 3.63) is 119 Å². The van der Waals surface area contributed by atoms with E-state index < -0.39 is 0 Å². The maximum Gasteiger partial charge on any atom is 0.251 e. The summed E-state index contributed by atoms with van der Waals surface area (Å²) in [6, 6.07) is 29.2. The molecule has 210 valence electrons. The van der Waals surface area contributed by atoms with Gasteiger partial charge in [0.05, 0.1) is 16.6 Å². The lowest BCUT2D eigenvalue weighted by Gasteiger charge is -2.26. The number of aromatic nitrogens is 4. The summed E-state index contributed by atoms with van der Waals surface area (Å²) < 4.78 is 2.38. The number of aromatic amines is 1. The highest BCUT2D eigenvalue weighted by Crippen LogP contribution is 2.30. The van der Waals surface area contributed by atoms with E-state index in [9.17, 15) is 4.79 Å². The van der Waals surface area contributed by atoms with E-state index in [1.54, 1.807) is 0 Å². The van der Waals surface area contributed by atoms with Crippen LogP contribution in [0.25, 0.3) is 44.5 Å². The lowest BCUT2D eigenvalue weighted by molar-refractivity contribution is 0.223. The first-order valence-electron chi connectivity index (χ1n) is 15.0. The zero-order chi connectivity index (χ0) is 28.3. The summed E-state index contributed by atoms with van der Waals surface area (Å²) in [4.78, 5) is 28.0. The molecule has 0 radical (unpaired) electrons. The van der Waals surface area contributed by atoms with Gasteiger partial charge in [-0.1, -0.05) is 61.0 Å². The minimum atomic E-state index is -0.0430. The Balaban J connectivity index is 1.27. The molecule has 6 aromatic rings. The summed E-state index contributed by atoms with van der Waals surface area (Å²) in [7, 11) is 0. The van der Waals surface area contributed by atoms with Crippen LogP contribution in [0.2, 0.25) is 0 Å². The molecule has 1 aliphatic rings. The summed E-state index contributed by atoms with van der Waals surface area (Å²) in [5.74, 6) is 0.965. The number of hydrogen-bond donors (Lipinski definition) is 1. The Labute approximate surface area is 245 Å². The van der Waals surface area contributed by atoms with Crippen molar-refractivity contribution in [2.75, 3.05) is 19.6 Å². The molecule has 1 fully saturated rings. The molecule has 0 amide bonds. The second-order valence-corrected chi connectivity index (χ2v) is 11.4. The minimum absolute atomic E-state index is 0.0430.